The van der Waals surface area contributed by atoms with Gasteiger partial charge in [-0.2, -0.15) is 5.48 Å². The van der Waals surface area contributed by atoms with E-state index in [2.05, 4.69) is 21.8 Å². The van der Waals surface area contributed by atoms with Crippen LogP contribution in [-0.4, -0.2) is 18.6 Å². The third-order valence-electron chi connectivity index (χ3n) is 5.42. The Morgan fingerprint density at radius 1 is 1.03 bits per heavy atom. The van der Waals surface area contributed by atoms with Crippen LogP contribution in [0.3, 0.4) is 0 Å². The van der Waals surface area contributed by atoms with Crippen LogP contribution in [0.25, 0.3) is 22.0 Å². The molecular weight excluding hydrogens is 446 g/mol. The highest BCUT2D eigenvalue weighted by molar-refractivity contribution is 7.92. The molecule has 0 saturated heterocycles. The summed E-state index contributed by atoms with van der Waals surface area (Å²) in [7, 11) is -3.70. The Morgan fingerprint density at radius 2 is 1.85 bits per heavy atom. The molecule has 0 aliphatic rings. The number of rotatable bonds is 8. The van der Waals surface area contributed by atoms with Crippen molar-refractivity contribution in [1.82, 2.24) is 4.98 Å². The number of nitrogens with zero attached hydrogens (tertiary/aromatic N) is 1. The van der Waals surface area contributed by atoms with Gasteiger partial charge in [0, 0.05) is 22.8 Å². The van der Waals surface area contributed by atoms with Gasteiger partial charge < -0.3 is 0 Å². The summed E-state index contributed by atoms with van der Waals surface area (Å²) in [5, 5.41) is 9.99. The van der Waals surface area contributed by atoms with Crippen LogP contribution in [0, 0.1) is 0 Å². The van der Waals surface area contributed by atoms with Crippen molar-refractivity contribution in [2.24, 2.45) is 0 Å². The number of benzene rings is 3. The van der Waals surface area contributed by atoms with Crippen LogP contribution in [0.5, 0.6) is 0 Å². The molecule has 34 heavy (non-hydrogen) atoms. The van der Waals surface area contributed by atoms with E-state index in [4.69, 9.17) is 5.21 Å². The van der Waals surface area contributed by atoms with Gasteiger partial charge in [-0.15, -0.1) is 0 Å². The second-order valence-corrected chi connectivity index (χ2v) is 9.45. The molecule has 0 aliphatic carbocycles. The standard InChI is InChI=1S/C27H25N3O3S/c1-2-20(13-15-29-31)16-21-17-23-9-7-14-28-27(23)26(18-21)22-8-6-10-24(19-22)30-34(32,33)25-11-4-3-5-12-25/h2-15,17-19,29-31H,16H2,1H3/p+1/b15-13-,20-2+. The Balaban J connectivity index is 1.74. The van der Waals surface area contributed by atoms with E-state index in [1.165, 1.54) is 0 Å². The fourth-order valence-electron chi connectivity index (χ4n) is 3.80. The van der Waals surface area contributed by atoms with Gasteiger partial charge in [0.25, 0.3) is 10.0 Å². The quantitative estimate of drug-likeness (QED) is 0.257. The van der Waals surface area contributed by atoms with E-state index in [9.17, 15) is 8.42 Å². The van der Waals surface area contributed by atoms with Crippen LogP contribution in [-0.2, 0) is 16.4 Å². The fourth-order valence-corrected chi connectivity index (χ4v) is 4.87. The number of pyridine rings is 1. The maximum atomic E-state index is 12.8. The van der Waals surface area contributed by atoms with Crippen molar-refractivity contribution in [2.45, 2.75) is 18.2 Å². The molecule has 0 amide bonds. The van der Waals surface area contributed by atoms with E-state index in [0.717, 1.165) is 38.6 Å². The highest BCUT2D eigenvalue weighted by Crippen LogP contribution is 2.31. The molecule has 3 aromatic carbocycles. The van der Waals surface area contributed by atoms with Gasteiger partial charge in [0.2, 0.25) is 0 Å². The van der Waals surface area contributed by atoms with Gasteiger partial charge in [0.05, 0.1) is 10.4 Å². The second-order valence-electron chi connectivity index (χ2n) is 7.77. The first-order valence-corrected chi connectivity index (χ1v) is 12.3. The molecule has 1 aromatic heterocycles. The summed E-state index contributed by atoms with van der Waals surface area (Å²) in [6, 6.07) is 23.7. The number of quaternary nitrogens is 1. The maximum absolute atomic E-state index is 12.8. The molecule has 6 nitrogen and oxygen atoms in total. The molecule has 7 heteroatoms. The predicted molar refractivity (Wildman–Crippen MR) is 135 cm³/mol. The second kappa shape index (κ2) is 10.4. The van der Waals surface area contributed by atoms with E-state index in [-0.39, 0.29) is 4.90 Å². The molecule has 0 fully saturated rings. The number of hydrogen-bond donors (Lipinski definition) is 3. The van der Waals surface area contributed by atoms with Crippen molar-refractivity contribution in [2.75, 3.05) is 4.72 Å². The number of nitrogens with two attached hydrogens (primary N) is 1. The lowest BCUT2D eigenvalue weighted by Gasteiger charge is -2.13. The molecule has 0 aliphatic heterocycles. The van der Waals surface area contributed by atoms with Gasteiger partial charge in [0.1, 0.15) is 6.20 Å². The van der Waals surface area contributed by atoms with E-state index >= 15 is 0 Å². The van der Waals surface area contributed by atoms with Crippen LogP contribution < -0.4 is 10.2 Å². The molecule has 172 valence electrons. The van der Waals surface area contributed by atoms with Crippen LogP contribution in [0.15, 0.2) is 114 Å². The summed E-state index contributed by atoms with van der Waals surface area (Å²) in [5.41, 5.74) is 6.26. The van der Waals surface area contributed by atoms with Gasteiger partial charge in [-0.3, -0.25) is 9.71 Å². The van der Waals surface area contributed by atoms with Gasteiger partial charge in [-0.05, 0) is 78.6 Å². The third-order valence-corrected chi connectivity index (χ3v) is 6.82. The fraction of sp³-hybridized carbons (Fsp3) is 0.0741. The van der Waals surface area contributed by atoms with Crippen molar-refractivity contribution in [3.63, 3.8) is 0 Å². The monoisotopic (exact) mass is 472 g/mol. The minimum atomic E-state index is -3.70. The normalized spacial score (nSPS) is 12.4. The van der Waals surface area contributed by atoms with Gasteiger partial charge >= 0.3 is 0 Å². The molecule has 0 bridgehead atoms. The molecule has 0 saturated carbocycles. The number of aromatic nitrogens is 1. The van der Waals surface area contributed by atoms with Crippen molar-refractivity contribution < 1.29 is 19.1 Å². The zero-order valence-electron chi connectivity index (χ0n) is 18.7. The number of fused-ring (bicyclic) bond motifs is 1. The van der Waals surface area contributed by atoms with E-state index in [1.807, 2.05) is 49.4 Å². The number of nitrogens with one attached hydrogen (secondary N) is 1. The topological polar surface area (TPSA) is 95.9 Å². The molecule has 0 radical (unpaired) electrons. The molecular formula is C27H26N3O3S+. The Kier molecular flexibility index (Phi) is 7.18. The molecule has 1 heterocycles. The highest BCUT2D eigenvalue weighted by Gasteiger charge is 2.15. The summed E-state index contributed by atoms with van der Waals surface area (Å²) >= 11 is 0. The average molecular weight is 473 g/mol. The summed E-state index contributed by atoms with van der Waals surface area (Å²) < 4.78 is 28.3. The van der Waals surface area contributed by atoms with E-state index in [1.54, 1.807) is 48.8 Å². The van der Waals surface area contributed by atoms with Gasteiger partial charge in [0.15, 0.2) is 0 Å². The summed E-state index contributed by atoms with van der Waals surface area (Å²) in [6.07, 6.45) is 7.91. The SMILES string of the molecule is C/C=C(\C=C/[NH2+]O)Cc1cc(-c2cccc(NS(=O)(=O)c3ccccc3)c2)c2ncccc2c1. The van der Waals surface area contributed by atoms with Gasteiger partial charge in [-0.25, -0.2) is 13.6 Å². The summed E-state index contributed by atoms with van der Waals surface area (Å²) in [4.78, 5) is 4.80. The van der Waals surface area contributed by atoms with Crippen LogP contribution >= 0.6 is 0 Å². The third kappa shape index (κ3) is 5.40. The zero-order valence-corrected chi connectivity index (χ0v) is 19.5. The number of allylic oxidation sites excluding steroid dienone is 3. The minimum absolute atomic E-state index is 0.210. The smallest absolute Gasteiger partial charge is 0.261 e. The summed E-state index contributed by atoms with van der Waals surface area (Å²) in [5.74, 6) is 0. The maximum Gasteiger partial charge on any atom is 0.261 e. The van der Waals surface area contributed by atoms with Crippen LogP contribution in [0.2, 0.25) is 0 Å². The molecule has 4 N–H and O–H groups in total. The first-order valence-electron chi connectivity index (χ1n) is 10.9. The van der Waals surface area contributed by atoms with Crippen LogP contribution in [0.1, 0.15) is 12.5 Å². The van der Waals surface area contributed by atoms with Crippen molar-refractivity contribution in [1.29, 1.82) is 0 Å². The van der Waals surface area contributed by atoms with Crippen LogP contribution in [0.4, 0.5) is 5.69 Å². The molecule has 4 aromatic rings. The number of hydrogen-bond acceptors (Lipinski definition) is 4. The number of sulfonamides is 1. The first kappa shape index (κ1) is 23.4. The molecule has 0 spiro atoms. The molecule has 4 rings (SSSR count). The van der Waals surface area contributed by atoms with Crippen molar-refractivity contribution >= 4 is 26.6 Å². The predicted octanol–water partition coefficient (Wildman–Crippen LogP) is 4.66. The Bertz CT molecular complexity index is 1460. The first-order chi connectivity index (χ1) is 16.5. The lowest BCUT2D eigenvalue weighted by Crippen LogP contribution is -2.73. The van der Waals surface area contributed by atoms with E-state index < -0.39 is 10.0 Å². The van der Waals surface area contributed by atoms with Crippen molar-refractivity contribution in [3.8, 4) is 11.1 Å². The highest BCUT2D eigenvalue weighted by atomic mass is 32.2. The lowest BCUT2D eigenvalue weighted by atomic mass is 9.95. The van der Waals surface area contributed by atoms with Gasteiger partial charge in [-0.1, -0.05) is 42.5 Å². The lowest BCUT2D eigenvalue weighted by molar-refractivity contribution is -0.838. The summed E-state index contributed by atoms with van der Waals surface area (Å²) in [6.45, 7) is 1.96. The molecule has 0 unspecified atom stereocenters. The Morgan fingerprint density at radius 3 is 2.62 bits per heavy atom. The number of anilines is 1. The largest absolute Gasteiger partial charge is 0.280 e. The van der Waals surface area contributed by atoms with E-state index in [0.29, 0.717) is 12.1 Å². The Labute approximate surface area is 199 Å². The average Bonchev–Trinajstić information content (AvgIpc) is 2.86. The van der Waals surface area contributed by atoms with Crippen molar-refractivity contribution in [3.05, 3.63) is 115 Å². The number of hydroxylamine groups is 1. The minimum Gasteiger partial charge on any atom is -0.280 e. The Hall–Kier alpha value is -3.78. The molecule has 0 atom stereocenters. The zero-order chi connectivity index (χ0) is 24.0.